The molecule has 1 aromatic carbocycles. The molecule has 0 amide bonds. The minimum atomic E-state index is 0.281. The van der Waals surface area contributed by atoms with Gasteiger partial charge >= 0.3 is 0 Å². The van der Waals surface area contributed by atoms with E-state index >= 15 is 0 Å². The second-order valence-corrected chi connectivity index (χ2v) is 4.98. The molecule has 0 unspecified atom stereocenters. The van der Waals surface area contributed by atoms with Crippen molar-refractivity contribution in [3.63, 3.8) is 0 Å². The van der Waals surface area contributed by atoms with Crippen molar-refractivity contribution >= 4 is 18.0 Å². The van der Waals surface area contributed by atoms with E-state index in [9.17, 15) is 4.79 Å². The van der Waals surface area contributed by atoms with E-state index in [0.29, 0.717) is 0 Å². The molecule has 1 aliphatic rings. The van der Waals surface area contributed by atoms with Gasteiger partial charge in [-0.15, -0.1) is 0 Å². The van der Waals surface area contributed by atoms with Gasteiger partial charge in [0.2, 0.25) is 0 Å². The second-order valence-electron chi connectivity index (χ2n) is 4.98. The summed E-state index contributed by atoms with van der Waals surface area (Å²) in [5.41, 5.74) is 4.70. The molecule has 0 bridgehead atoms. The highest BCUT2D eigenvalue weighted by molar-refractivity contribution is 5.82. The van der Waals surface area contributed by atoms with Crippen molar-refractivity contribution < 1.29 is 4.79 Å². The third-order valence-electron chi connectivity index (χ3n) is 3.37. The molecule has 2 heteroatoms. The third-order valence-corrected chi connectivity index (χ3v) is 3.37. The van der Waals surface area contributed by atoms with Gasteiger partial charge in [0.05, 0.1) is 0 Å². The molecule has 2 nitrogen and oxygen atoms in total. The summed E-state index contributed by atoms with van der Waals surface area (Å²) in [6.45, 7) is 5.18. The lowest BCUT2D eigenvalue weighted by atomic mass is 10.0. The van der Waals surface area contributed by atoms with Gasteiger partial charge in [-0.05, 0) is 47.2 Å². The minimum absolute atomic E-state index is 0.281. The normalized spacial score (nSPS) is 15.3. The van der Waals surface area contributed by atoms with Crippen molar-refractivity contribution in [2.45, 2.75) is 20.3 Å². The highest BCUT2D eigenvalue weighted by atomic mass is 16.1. The number of allylic oxidation sites excluding steroid dienone is 1. The molecule has 0 saturated heterocycles. The summed E-state index contributed by atoms with van der Waals surface area (Å²) < 4.78 is 0. The monoisotopic (exact) mass is 229 g/mol. The molecule has 0 spiro atoms. The standard InChI is InChI=1S/C15H19NO/c1-11(2)14(10-17)9-12-4-5-15-13(8-12)6-7-16(15)3/h4-5,8-11H,6-7H2,1-3H3. The molecule has 1 aromatic rings. The molecule has 17 heavy (non-hydrogen) atoms. The van der Waals surface area contributed by atoms with Crippen LogP contribution in [0.5, 0.6) is 0 Å². The number of anilines is 1. The van der Waals surface area contributed by atoms with Gasteiger partial charge in [0.25, 0.3) is 0 Å². The molecule has 0 saturated carbocycles. The number of rotatable bonds is 3. The first kappa shape index (κ1) is 11.9. The Morgan fingerprint density at radius 2 is 2.18 bits per heavy atom. The van der Waals surface area contributed by atoms with E-state index in [4.69, 9.17) is 0 Å². The Kier molecular flexibility index (Phi) is 3.32. The number of hydrogen-bond donors (Lipinski definition) is 0. The van der Waals surface area contributed by atoms with E-state index in [1.54, 1.807) is 0 Å². The van der Waals surface area contributed by atoms with Crippen LogP contribution in [0.3, 0.4) is 0 Å². The molecule has 0 atom stereocenters. The van der Waals surface area contributed by atoms with Crippen LogP contribution in [0.25, 0.3) is 6.08 Å². The fourth-order valence-electron chi connectivity index (χ4n) is 2.21. The van der Waals surface area contributed by atoms with Crippen molar-refractivity contribution in [2.75, 3.05) is 18.5 Å². The fourth-order valence-corrected chi connectivity index (χ4v) is 2.21. The average Bonchev–Trinajstić information content (AvgIpc) is 2.67. The molecule has 90 valence electrons. The van der Waals surface area contributed by atoms with Crippen LogP contribution in [0.2, 0.25) is 0 Å². The van der Waals surface area contributed by atoms with Gasteiger partial charge in [-0.3, -0.25) is 4.79 Å². The van der Waals surface area contributed by atoms with E-state index in [1.807, 2.05) is 19.9 Å². The van der Waals surface area contributed by atoms with Crippen LogP contribution in [0.4, 0.5) is 5.69 Å². The summed E-state index contributed by atoms with van der Waals surface area (Å²) in [6, 6.07) is 6.44. The number of likely N-dealkylation sites (N-methyl/N-ethyl adjacent to an activating group) is 1. The Morgan fingerprint density at radius 3 is 2.82 bits per heavy atom. The van der Waals surface area contributed by atoms with E-state index in [1.165, 1.54) is 11.3 Å². The topological polar surface area (TPSA) is 20.3 Å². The summed E-state index contributed by atoms with van der Waals surface area (Å²) >= 11 is 0. The van der Waals surface area contributed by atoms with Crippen molar-refractivity contribution in [1.82, 2.24) is 0 Å². The predicted molar refractivity (Wildman–Crippen MR) is 72.3 cm³/mol. The van der Waals surface area contributed by atoms with Gasteiger partial charge in [-0.25, -0.2) is 0 Å². The third kappa shape index (κ3) is 2.41. The molecule has 1 heterocycles. The van der Waals surface area contributed by atoms with Crippen LogP contribution < -0.4 is 4.90 Å². The van der Waals surface area contributed by atoms with E-state index in [-0.39, 0.29) is 5.92 Å². The number of nitrogens with zero attached hydrogens (tertiary/aromatic N) is 1. The van der Waals surface area contributed by atoms with E-state index in [0.717, 1.165) is 30.4 Å². The summed E-state index contributed by atoms with van der Waals surface area (Å²) in [4.78, 5) is 13.2. The molecule has 0 fully saturated rings. The first-order valence-electron chi connectivity index (χ1n) is 6.12. The molecule has 1 aliphatic heterocycles. The van der Waals surface area contributed by atoms with Gasteiger partial charge < -0.3 is 4.90 Å². The lowest BCUT2D eigenvalue weighted by Crippen LogP contribution is -2.12. The summed E-state index contributed by atoms with van der Waals surface area (Å²) in [7, 11) is 2.12. The van der Waals surface area contributed by atoms with Crippen LogP contribution >= 0.6 is 0 Å². The Hall–Kier alpha value is -1.57. The number of benzene rings is 1. The Morgan fingerprint density at radius 1 is 1.41 bits per heavy atom. The maximum Gasteiger partial charge on any atom is 0.146 e. The van der Waals surface area contributed by atoms with Gasteiger partial charge in [0.15, 0.2) is 0 Å². The average molecular weight is 229 g/mol. The molecular formula is C15H19NO. The minimum Gasteiger partial charge on any atom is -0.374 e. The van der Waals surface area contributed by atoms with Gasteiger partial charge in [-0.1, -0.05) is 19.9 Å². The molecule has 0 aromatic heterocycles. The molecule has 0 aliphatic carbocycles. The molecule has 0 radical (unpaired) electrons. The number of hydrogen-bond acceptors (Lipinski definition) is 2. The lowest BCUT2D eigenvalue weighted by molar-refractivity contribution is -0.105. The largest absolute Gasteiger partial charge is 0.374 e. The SMILES string of the molecule is CC(C)C(C=O)=Cc1ccc2c(c1)CCN2C. The van der Waals surface area contributed by atoms with E-state index < -0.39 is 0 Å². The zero-order valence-corrected chi connectivity index (χ0v) is 10.7. The number of carbonyl (C=O) groups is 1. The van der Waals surface area contributed by atoms with Gasteiger partial charge in [0, 0.05) is 19.3 Å². The molecule has 0 N–H and O–H groups in total. The number of carbonyl (C=O) groups excluding carboxylic acids is 1. The van der Waals surface area contributed by atoms with Crippen LogP contribution in [-0.4, -0.2) is 19.9 Å². The first-order valence-corrected chi connectivity index (χ1v) is 6.12. The number of aldehydes is 1. The fraction of sp³-hybridized carbons (Fsp3) is 0.400. The van der Waals surface area contributed by atoms with Crippen LogP contribution in [0, 0.1) is 5.92 Å². The Bertz CT molecular complexity index is 460. The molecular weight excluding hydrogens is 210 g/mol. The first-order chi connectivity index (χ1) is 8.11. The molecule has 2 rings (SSSR count). The van der Waals surface area contributed by atoms with Crippen LogP contribution in [0.1, 0.15) is 25.0 Å². The van der Waals surface area contributed by atoms with Gasteiger partial charge in [-0.2, -0.15) is 0 Å². The quantitative estimate of drug-likeness (QED) is 0.586. The van der Waals surface area contributed by atoms with E-state index in [2.05, 4.69) is 30.1 Å². The smallest absolute Gasteiger partial charge is 0.146 e. The van der Waals surface area contributed by atoms with Crippen LogP contribution in [-0.2, 0) is 11.2 Å². The van der Waals surface area contributed by atoms with Crippen molar-refractivity contribution in [2.24, 2.45) is 5.92 Å². The van der Waals surface area contributed by atoms with Crippen molar-refractivity contribution in [1.29, 1.82) is 0 Å². The summed E-state index contributed by atoms with van der Waals surface area (Å²) in [5.74, 6) is 0.281. The highest BCUT2D eigenvalue weighted by Gasteiger charge is 2.15. The lowest BCUT2D eigenvalue weighted by Gasteiger charge is -2.11. The second kappa shape index (κ2) is 4.74. The summed E-state index contributed by atoms with van der Waals surface area (Å²) in [6.07, 6.45) is 4.06. The van der Waals surface area contributed by atoms with Crippen LogP contribution in [0.15, 0.2) is 23.8 Å². The zero-order valence-electron chi connectivity index (χ0n) is 10.7. The predicted octanol–water partition coefficient (Wildman–Crippen LogP) is 2.92. The maximum atomic E-state index is 11.0. The summed E-state index contributed by atoms with van der Waals surface area (Å²) in [5, 5.41) is 0. The highest BCUT2D eigenvalue weighted by Crippen LogP contribution is 2.28. The number of fused-ring (bicyclic) bond motifs is 1. The Labute approximate surface area is 103 Å². The Balaban J connectivity index is 2.33. The maximum absolute atomic E-state index is 11.0. The van der Waals surface area contributed by atoms with Crippen molar-refractivity contribution in [3.8, 4) is 0 Å². The van der Waals surface area contributed by atoms with Gasteiger partial charge in [0.1, 0.15) is 6.29 Å². The van der Waals surface area contributed by atoms with Crippen molar-refractivity contribution in [3.05, 3.63) is 34.9 Å². The zero-order chi connectivity index (χ0) is 12.4.